The Morgan fingerprint density at radius 2 is 2.08 bits per heavy atom. The standard InChI is InChI=1S/C19H15BrClFN2O2/c1-24(2)19(25)14(10-23)7-12-8-15(20)18(16(21)9-12)26-11-13-5-3-4-6-17(13)22/h3-9H,11H2,1-2H3/b14-7-. The fraction of sp³-hybridized carbons (Fsp3) is 0.158. The van der Waals surface area contributed by atoms with E-state index in [1.165, 1.54) is 17.0 Å². The van der Waals surface area contributed by atoms with Crippen LogP contribution in [0, 0.1) is 17.1 Å². The smallest absolute Gasteiger partial charge is 0.264 e. The van der Waals surface area contributed by atoms with E-state index in [9.17, 15) is 9.18 Å². The Morgan fingerprint density at radius 1 is 1.38 bits per heavy atom. The summed E-state index contributed by atoms with van der Waals surface area (Å²) in [6.45, 7) is 0.0166. The van der Waals surface area contributed by atoms with E-state index in [-0.39, 0.29) is 23.0 Å². The number of amides is 1. The van der Waals surface area contributed by atoms with E-state index in [4.69, 9.17) is 21.6 Å². The van der Waals surface area contributed by atoms with Crippen LogP contribution in [-0.2, 0) is 11.4 Å². The van der Waals surface area contributed by atoms with Crippen molar-refractivity contribution in [1.82, 2.24) is 4.90 Å². The zero-order valence-electron chi connectivity index (χ0n) is 14.1. The quantitative estimate of drug-likeness (QED) is 0.498. The number of rotatable bonds is 5. The van der Waals surface area contributed by atoms with Crippen molar-refractivity contribution in [3.63, 3.8) is 0 Å². The molecule has 0 aliphatic heterocycles. The van der Waals surface area contributed by atoms with Gasteiger partial charge in [-0.1, -0.05) is 29.8 Å². The molecule has 134 valence electrons. The third kappa shape index (κ3) is 4.84. The molecule has 2 aromatic rings. The first-order chi connectivity index (χ1) is 12.3. The second-order valence-electron chi connectivity index (χ2n) is 5.56. The second-order valence-corrected chi connectivity index (χ2v) is 6.82. The average molecular weight is 438 g/mol. The molecule has 0 saturated heterocycles. The van der Waals surface area contributed by atoms with Gasteiger partial charge in [0.2, 0.25) is 0 Å². The topological polar surface area (TPSA) is 53.3 Å². The Labute approximate surface area is 164 Å². The minimum atomic E-state index is -0.403. The average Bonchev–Trinajstić information content (AvgIpc) is 2.59. The summed E-state index contributed by atoms with van der Waals surface area (Å²) in [7, 11) is 3.13. The van der Waals surface area contributed by atoms with Gasteiger partial charge in [-0.05, 0) is 45.8 Å². The first-order valence-corrected chi connectivity index (χ1v) is 8.69. The maximum atomic E-state index is 13.7. The fourth-order valence-electron chi connectivity index (χ4n) is 2.12. The van der Waals surface area contributed by atoms with Crippen LogP contribution >= 0.6 is 27.5 Å². The Bertz CT molecular complexity index is 884. The van der Waals surface area contributed by atoms with Crippen molar-refractivity contribution in [2.45, 2.75) is 6.61 Å². The second kappa shape index (κ2) is 8.84. The molecule has 0 aliphatic carbocycles. The molecule has 26 heavy (non-hydrogen) atoms. The van der Waals surface area contributed by atoms with Crippen LogP contribution in [0.3, 0.4) is 0 Å². The summed E-state index contributed by atoms with van der Waals surface area (Å²) < 4.78 is 19.8. The molecule has 4 nitrogen and oxygen atoms in total. The molecule has 2 rings (SSSR count). The maximum absolute atomic E-state index is 13.7. The molecule has 0 bridgehead atoms. The number of hydrogen-bond donors (Lipinski definition) is 0. The van der Waals surface area contributed by atoms with Crippen molar-refractivity contribution in [1.29, 1.82) is 5.26 Å². The predicted molar refractivity (Wildman–Crippen MR) is 102 cm³/mol. The lowest BCUT2D eigenvalue weighted by Crippen LogP contribution is -2.22. The third-order valence-corrected chi connectivity index (χ3v) is 4.29. The van der Waals surface area contributed by atoms with Gasteiger partial charge in [-0.3, -0.25) is 4.79 Å². The van der Waals surface area contributed by atoms with E-state index >= 15 is 0 Å². The Morgan fingerprint density at radius 3 is 2.65 bits per heavy atom. The monoisotopic (exact) mass is 436 g/mol. The van der Waals surface area contributed by atoms with Gasteiger partial charge in [0, 0.05) is 19.7 Å². The highest BCUT2D eigenvalue weighted by Crippen LogP contribution is 2.35. The zero-order valence-corrected chi connectivity index (χ0v) is 16.4. The van der Waals surface area contributed by atoms with Gasteiger partial charge in [0.15, 0.2) is 5.75 Å². The van der Waals surface area contributed by atoms with E-state index in [2.05, 4.69) is 15.9 Å². The molecule has 0 heterocycles. The van der Waals surface area contributed by atoms with E-state index in [1.807, 2.05) is 6.07 Å². The summed E-state index contributed by atoms with van der Waals surface area (Å²) in [5, 5.41) is 9.44. The van der Waals surface area contributed by atoms with Crippen LogP contribution in [0.4, 0.5) is 4.39 Å². The molecule has 0 unspecified atom stereocenters. The number of halogens is 3. The Balaban J connectivity index is 2.27. The number of ether oxygens (including phenoxy) is 1. The normalized spacial score (nSPS) is 11.0. The first-order valence-electron chi connectivity index (χ1n) is 7.52. The molecule has 0 radical (unpaired) electrons. The number of nitriles is 1. The van der Waals surface area contributed by atoms with E-state index < -0.39 is 5.91 Å². The SMILES string of the molecule is CN(C)C(=O)/C(C#N)=C\c1cc(Cl)c(OCc2ccccc2F)c(Br)c1. The number of carbonyl (C=O) groups is 1. The van der Waals surface area contributed by atoms with Crippen LogP contribution in [0.2, 0.25) is 5.02 Å². The number of carbonyl (C=O) groups excluding carboxylic acids is 1. The van der Waals surface area contributed by atoms with Crippen LogP contribution in [0.15, 0.2) is 46.4 Å². The van der Waals surface area contributed by atoms with Gasteiger partial charge >= 0.3 is 0 Å². The molecule has 0 N–H and O–H groups in total. The molecule has 0 fully saturated rings. The van der Waals surface area contributed by atoms with Crippen molar-refractivity contribution < 1.29 is 13.9 Å². The summed E-state index contributed by atoms with van der Waals surface area (Å²) in [5.41, 5.74) is 0.952. The number of nitrogens with zero attached hydrogens (tertiary/aromatic N) is 2. The maximum Gasteiger partial charge on any atom is 0.264 e. The van der Waals surface area contributed by atoms with Gasteiger partial charge in [0.05, 0.1) is 9.50 Å². The summed E-state index contributed by atoms with van der Waals surface area (Å²) in [6, 6.07) is 11.4. The molecule has 0 aliphatic rings. The zero-order chi connectivity index (χ0) is 19.3. The lowest BCUT2D eigenvalue weighted by Gasteiger charge is -2.12. The molecule has 0 atom stereocenters. The lowest BCUT2D eigenvalue weighted by atomic mass is 10.1. The molecule has 1 amide bonds. The highest BCUT2D eigenvalue weighted by atomic mass is 79.9. The van der Waals surface area contributed by atoms with Crippen molar-refractivity contribution in [2.75, 3.05) is 14.1 Å². The number of likely N-dealkylation sites (N-methyl/N-ethyl adjacent to an activating group) is 1. The van der Waals surface area contributed by atoms with Gasteiger partial charge in [-0.15, -0.1) is 0 Å². The predicted octanol–water partition coefficient (Wildman–Crippen LogP) is 4.82. The molecular formula is C19H15BrClFN2O2. The van der Waals surface area contributed by atoms with Gasteiger partial charge < -0.3 is 9.64 Å². The Hall–Kier alpha value is -2.36. The summed E-state index contributed by atoms with van der Waals surface area (Å²) in [4.78, 5) is 13.3. The van der Waals surface area contributed by atoms with Gasteiger partial charge in [-0.25, -0.2) is 4.39 Å². The molecule has 7 heteroatoms. The molecule has 0 saturated carbocycles. The van der Waals surface area contributed by atoms with E-state index in [0.717, 1.165) is 0 Å². The van der Waals surface area contributed by atoms with Crippen LogP contribution < -0.4 is 4.74 Å². The summed E-state index contributed by atoms with van der Waals surface area (Å²) >= 11 is 9.61. The van der Waals surface area contributed by atoms with Crippen LogP contribution in [-0.4, -0.2) is 24.9 Å². The van der Waals surface area contributed by atoms with Crippen LogP contribution in [0.5, 0.6) is 5.75 Å². The summed E-state index contributed by atoms with van der Waals surface area (Å²) in [6.07, 6.45) is 1.44. The number of hydrogen-bond acceptors (Lipinski definition) is 3. The molecular weight excluding hydrogens is 423 g/mol. The van der Waals surface area contributed by atoms with Gasteiger partial charge in [0.25, 0.3) is 5.91 Å². The molecule has 2 aromatic carbocycles. The third-order valence-electron chi connectivity index (χ3n) is 3.42. The van der Waals surface area contributed by atoms with E-state index in [1.54, 1.807) is 44.4 Å². The van der Waals surface area contributed by atoms with Crippen molar-refractivity contribution in [2.24, 2.45) is 0 Å². The largest absolute Gasteiger partial charge is 0.486 e. The minimum Gasteiger partial charge on any atom is -0.486 e. The minimum absolute atomic E-state index is 0.0157. The van der Waals surface area contributed by atoms with Gasteiger partial charge in [0.1, 0.15) is 24.1 Å². The Kier molecular flexibility index (Phi) is 6.78. The summed E-state index contributed by atoms with van der Waals surface area (Å²) in [5.74, 6) is -0.413. The first kappa shape index (κ1) is 20.0. The van der Waals surface area contributed by atoms with Crippen molar-refractivity contribution in [3.05, 3.63) is 68.4 Å². The van der Waals surface area contributed by atoms with E-state index in [0.29, 0.717) is 21.3 Å². The highest BCUT2D eigenvalue weighted by Gasteiger charge is 2.14. The fourth-order valence-corrected chi connectivity index (χ4v) is 3.10. The van der Waals surface area contributed by atoms with Crippen molar-refractivity contribution >= 4 is 39.5 Å². The van der Waals surface area contributed by atoms with Gasteiger partial charge in [-0.2, -0.15) is 5.26 Å². The lowest BCUT2D eigenvalue weighted by molar-refractivity contribution is -0.124. The van der Waals surface area contributed by atoms with Crippen LogP contribution in [0.25, 0.3) is 6.08 Å². The highest BCUT2D eigenvalue weighted by molar-refractivity contribution is 9.10. The molecule has 0 spiro atoms. The molecule has 0 aromatic heterocycles. The van der Waals surface area contributed by atoms with Crippen LogP contribution in [0.1, 0.15) is 11.1 Å². The number of benzene rings is 2. The van der Waals surface area contributed by atoms with Crippen molar-refractivity contribution in [3.8, 4) is 11.8 Å².